The fourth-order valence-corrected chi connectivity index (χ4v) is 10.0. The number of nitrogens with one attached hydrogen (secondary N) is 1. The number of amidine groups is 2. The molecule has 0 saturated carbocycles. The molecule has 1 unspecified atom stereocenters. The highest BCUT2D eigenvalue weighted by Gasteiger charge is 2.24. The Balaban J connectivity index is 1.00. The summed E-state index contributed by atoms with van der Waals surface area (Å²) in [6.45, 7) is 0. The summed E-state index contributed by atoms with van der Waals surface area (Å²) in [6.07, 6.45) is -0.264. The van der Waals surface area contributed by atoms with E-state index >= 15 is 0 Å². The van der Waals surface area contributed by atoms with Crippen molar-refractivity contribution in [1.82, 2.24) is 9.88 Å². The monoisotopic (exact) mass is 748 g/mol. The SMILES string of the molecule is c1ccc(C2=NC(c3ccccc3)NC(c3cccc4c3sc3c(-c5ccc6c(c5)oc5cccc(-n7c8ccccc8c8ccccc87)c56)cccc34)=N2)cc1. The predicted octanol–water partition coefficient (Wildman–Crippen LogP) is 13.2. The molecule has 57 heavy (non-hydrogen) atoms. The van der Waals surface area contributed by atoms with Crippen LogP contribution in [0.1, 0.15) is 22.9 Å². The van der Waals surface area contributed by atoms with Crippen LogP contribution in [0.2, 0.25) is 0 Å². The fraction of sp³-hybridized carbons (Fsp3) is 0.0196. The highest BCUT2D eigenvalue weighted by Crippen LogP contribution is 2.44. The highest BCUT2D eigenvalue weighted by atomic mass is 32.1. The third kappa shape index (κ3) is 5.01. The average molecular weight is 749 g/mol. The van der Waals surface area contributed by atoms with Crippen LogP contribution in [0.15, 0.2) is 196 Å². The molecule has 6 heteroatoms. The normalized spacial score (nSPS) is 14.5. The van der Waals surface area contributed by atoms with Gasteiger partial charge in [-0.15, -0.1) is 11.3 Å². The molecule has 0 amide bonds. The molecule has 0 spiro atoms. The lowest BCUT2D eigenvalue weighted by molar-refractivity contribution is 0.669. The maximum atomic E-state index is 6.69. The van der Waals surface area contributed by atoms with Crippen molar-refractivity contribution in [2.45, 2.75) is 6.17 Å². The van der Waals surface area contributed by atoms with Crippen molar-refractivity contribution in [3.63, 3.8) is 0 Å². The van der Waals surface area contributed by atoms with Gasteiger partial charge in [-0.2, -0.15) is 0 Å². The number of hydrogen-bond donors (Lipinski definition) is 1. The highest BCUT2D eigenvalue weighted by molar-refractivity contribution is 7.26. The molecule has 1 aliphatic rings. The summed E-state index contributed by atoms with van der Waals surface area (Å²) in [5, 5.41) is 10.8. The fourth-order valence-electron chi connectivity index (χ4n) is 8.69. The third-order valence-electron chi connectivity index (χ3n) is 11.3. The van der Waals surface area contributed by atoms with Gasteiger partial charge in [-0.25, -0.2) is 9.98 Å². The van der Waals surface area contributed by atoms with Gasteiger partial charge < -0.3 is 14.3 Å². The molecule has 12 rings (SSSR count). The van der Waals surface area contributed by atoms with Crippen LogP contribution in [-0.2, 0) is 0 Å². The van der Waals surface area contributed by atoms with E-state index < -0.39 is 0 Å². The van der Waals surface area contributed by atoms with E-state index in [9.17, 15) is 0 Å². The van der Waals surface area contributed by atoms with Crippen LogP contribution >= 0.6 is 11.3 Å². The van der Waals surface area contributed by atoms with E-state index in [-0.39, 0.29) is 6.17 Å². The lowest BCUT2D eigenvalue weighted by atomic mass is 10.0. The van der Waals surface area contributed by atoms with Crippen molar-refractivity contribution in [2.24, 2.45) is 9.98 Å². The molecule has 1 N–H and O–H groups in total. The van der Waals surface area contributed by atoms with Crippen LogP contribution in [0, 0.1) is 0 Å². The number of thiophene rings is 1. The Hall–Kier alpha value is -7.28. The molecule has 0 radical (unpaired) electrons. The van der Waals surface area contributed by atoms with E-state index in [1.54, 1.807) is 0 Å². The summed E-state index contributed by atoms with van der Waals surface area (Å²) in [7, 11) is 0. The number of aliphatic imine (C=N–C) groups is 2. The average Bonchev–Trinajstić information content (AvgIpc) is 3.96. The molecule has 3 aromatic heterocycles. The summed E-state index contributed by atoms with van der Waals surface area (Å²) in [4.78, 5) is 10.2. The minimum absolute atomic E-state index is 0.264. The standard InChI is InChI=1S/C51H32N4OS/c1-3-14-31(15-4-1)49-52-50(32-16-5-2-6-17-32)54-51(53-49)40-23-12-22-38-37-21-11-20-34(47(37)57-48(38)40)33-28-29-39-45(30-33)56-44-27-13-26-43(46(39)44)55-41-24-9-7-18-35(41)36-19-8-10-25-42(36)55/h1-30,49H,(H,52,53,54). The molecule has 5 nitrogen and oxygen atoms in total. The summed E-state index contributed by atoms with van der Waals surface area (Å²) in [5.74, 6) is 1.54. The van der Waals surface area contributed by atoms with Crippen molar-refractivity contribution >= 4 is 86.9 Å². The van der Waals surface area contributed by atoms with Crippen LogP contribution in [0.25, 0.3) is 80.7 Å². The number of hydrogen-bond acceptors (Lipinski definition) is 5. The van der Waals surface area contributed by atoms with Crippen LogP contribution in [0.5, 0.6) is 0 Å². The molecule has 4 heterocycles. The Kier molecular flexibility index (Phi) is 7.09. The predicted molar refractivity (Wildman–Crippen MR) is 238 cm³/mol. The Labute approximate surface area is 331 Å². The summed E-state index contributed by atoms with van der Waals surface area (Å²) in [5.41, 5.74) is 10.7. The number of para-hydroxylation sites is 2. The molecule has 8 aromatic carbocycles. The molecule has 268 valence electrons. The van der Waals surface area contributed by atoms with Gasteiger partial charge in [-0.3, -0.25) is 0 Å². The van der Waals surface area contributed by atoms with Crippen molar-refractivity contribution in [2.75, 3.05) is 0 Å². The van der Waals surface area contributed by atoms with Gasteiger partial charge in [0, 0.05) is 47.5 Å². The van der Waals surface area contributed by atoms with Crippen LogP contribution in [-0.4, -0.2) is 16.2 Å². The quantitative estimate of drug-likeness (QED) is 0.191. The Morgan fingerprint density at radius 1 is 0.509 bits per heavy atom. The summed E-state index contributed by atoms with van der Waals surface area (Å²) < 4.78 is 11.5. The van der Waals surface area contributed by atoms with E-state index in [0.717, 1.165) is 61.6 Å². The molecule has 0 saturated heterocycles. The minimum atomic E-state index is -0.264. The van der Waals surface area contributed by atoms with Crippen LogP contribution in [0.4, 0.5) is 0 Å². The first kappa shape index (κ1) is 32.0. The van der Waals surface area contributed by atoms with Crippen molar-refractivity contribution in [1.29, 1.82) is 0 Å². The molecule has 0 fully saturated rings. The molecule has 1 aliphatic heterocycles. The van der Waals surface area contributed by atoms with E-state index in [2.05, 4.69) is 168 Å². The number of nitrogens with zero attached hydrogens (tertiary/aromatic N) is 3. The van der Waals surface area contributed by atoms with E-state index in [1.165, 1.54) is 47.5 Å². The number of fused-ring (bicyclic) bond motifs is 9. The zero-order valence-electron chi connectivity index (χ0n) is 30.6. The minimum Gasteiger partial charge on any atom is -0.456 e. The van der Waals surface area contributed by atoms with Crippen molar-refractivity contribution < 1.29 is 4.42 Å². The van der Waals surface area contributed by atoms with Gasteiger partial charge in [0.1, 0.15) is 23.2 Å². The first-order chi connectivity index (χ1) is 28.3. The first-order valence-corrected chi connectivity index (χ1v) is 20.0. The van der Waals surface area contributed by atoms with Crippen LogP contribution in [0.3, 0.4) is 0 Å². The summed E-state index contributed by atoms with van der Waals surface area (Å²) >= 11 is 1.82. The van der Waals surface area contributed by atoms with Gasteiger partial charge in [0.15, 0.2) is 5.84 Å². The molecule has 1 atom stereocenters. The molecule has 0 bridgehead atoms. The zero-order valence-corrected chi connectivity index (χ0v) is 31.4. The number of rotatable bonds is 5. The number of aromatic nitrogens is 1. The molecular formula is C51H32N4OS. The second-order valence-corrected chi connectivity index (χ2v) is 15.6. The Morgan fingerprint density at radius 3 is 1.89 bits per heavy atom. The van der Waals surface area contributed by atoms with Gasteiger partial charge in [0.2, 0.25) is 0 Å². The Morgan fingerprint density at radius 2 is 1.14 bits per heavy atom. The van der Waals surface area contributed by atoms with E-state index in [1.807, 2.05) is 35.6 Å². The molecule has 11 aromatic rings. The van der Waals surface area contributed by atoms with E-state index in [0.29, 0.717) is 0 Å². The third-order valence-corrected chi connectivity index (χ3v) is 12.6. The largest absolute Gasteiger partial charge is 0.456 e. The topological polar surface area (TPSA) is 54.8 Å². The van der Waals surface area contributed by atoms with Gasteiger partial charge in [-0.1, -0.05) is 140 Å². The smallest absolute Gasteiger partial charge is 0.159 e. The lowest BCUT2D eigenvalue weighted by Crippen LogP contribution is -2.33. The second-order valence-electron chi connectivity index (χ2n) is 14.5. The van der Waals surface area contributed by atoms with Crippen molar-refractivity contribution in [3.8, 4) is 16.8 Å². The second kappa shape index (κ2) is 12.6. The Bertz CT molecular complexity index is 3390. The lowest BCUT2D eigenvalue weighted by Gasteiger charge is -2.24. The first-order valence-electron chi connectivity index (χ1n) is 19.2. The molecular weight excluding hydrogens is 717 g/mol. The summed E-state index contributed by atoms with van der Waals surface area (Å²) in [6, 6.07) is 64.2. The van der Waals surface area contributed by atoms with Gasteiger partial charge in [0.25, 0.3) is 0 Å². The maximum absolute atomic E-state index is 6.69. The number of furan rings is 1. The maximum Gasteiger partial charge on any atom is 0.159 e. The van der Waals surface area contributed by atoms with Crippen molar-refractivity contribution in [3.05, 3.63) is 199 Å². The number of benzene rings is 8. The van der Waals surface area contributed by atoms with Gasteiger partial charge >= 0.3 is 0 Å². The molecule has 0 aliphatic carbocycles. The van der Waals surface area contributed by atoms with Gasteiger partial charge in [-0.05, 0) is 59.2 Å². The zero-order chi connectivity index (χ0) is 37.5. The van der Waals surface area contributed by atoms with Crippen LogP contribution < -0.4 is 5.32 Å². The van der Waals surface area contributed by atoms with Gasteiger partial charge in [0.05, 0.1) is 22.1 Å². The van der Waals surface area contributed by atoms with E-state index in [4.69, 9.17) is 14.4 Å².